The molecular formula is C16H24N4. The molecule has 1 N–H and O–H groups in total. The van der Waals surface area contributed by atoms with Gasteiger partial charge in [-0.1, -0.05) is 20.8 Å². The summed E-state index contributed by atoms with van der Waals surface area (Å²) < 4.78 is 2.22. The Labute approximate surface area is 120 Å². The molecule has 2 heterocycles. The Kier molecular flexibility index (Phi) is 3.21. The van der Waals surface area contributed by atoms with Gasteiger partial charge in [-0.05, 0) is 18.2 Å². The first-order valence-corrected chi connectivity index (χ1v) is 7.39. The Bertz CT molecular complexity index is 615. The monoisotopic (exact) mass is 272 g/mol. The Morgan fingerprint density at radius 3 is 2.50 bits per heavy atom. The van der Waals surface area contributed by atoms with Gasteiger partial charge in [-0.2, -0.15) is 0 Å². The molecule has 1 aliphatic rings. The van der Waals surface area contributed by atoms with Crippen LogP contribution < -0.4 is 10.2 Å². The second-order valence-corrected chi connectivity index (χ2v) is 6.65. The van der Waals surface area contributed by atoms with Crippen LogP contribution in [0.4, 0.5) is 5.69 Å². The zero-order chi connectivity index (χ0) is 14.3. The first-order valence-electron chi connectivity index (χ1n) is 7.39. The van der Waals surface area contributed by atoms with Gasteiger partial charge >= 0.3 is 0 Å². The summed E-state index contributed by atoms with van der Waals surface area (Å²) in [6, 6.07) is 6.66. The Morgan fingerprint density at radius 2 is 1.85 bits per heavy atom. The first-order chi connectivity index (χ1) is 9.47. The van der Waals surface area contributed by atoms with E-state index in [1.54, 1.807) is 0 Å². The molecule has 20 heavy (non-hydrogen) atoms. The van der Waals surface area contributed by atoms with Crippen molar-refractivity contribution in [2.24, 2.45) is 7.05 Å². The van der Waals surface area contributed by atoms with E-state index in [4.69, 9.17) is 4.98 Å². The van der Waals surface area contributed by atoms with Gasteiger partial charge in [-0.3, -0.25) is 0 Å². The third kappa shape index (κ3) is 2.29. The molecule has 3 rings (SSSR count). The van der Waals surface area contributed by atoms with Crippen molar-refractivity contribution >= 4 is 16.7 Å². The highest BCUT2D eigenvalue weighted by Gasteiger charge is 2.21. The topological polar surface area (TPSA) is 33.1 Å². The molecule has 0 aliphatic carbocycles. The fourth-order valence-electron chi connectivity index (χ4n) is 2.98. The van der Waals surface area contributed by atoms with Gasteiger partial charge in [0.15, 0.2) is 0 Å². The summed E-state index contributed by atoms with van der Waals surface area (Å²) in [5, 5.41) is 3.39. The minimum absolute atomic E-state index is 0.0724. The number of hydrogen-bond acceptors (Lipinski definition) is 3. The van der Waals surface area contributed by atoms with Crippen LogP contribution in [-0.4, -0.2) is 35.7 Å². The maximum absolute atomic E-state index is 4.86. The molecule has 1 aromatic carbocycles. The van der Waals surface area contributed by atoms with Crippen LogP contribution in [-0.2, 0) is 12.5 Å². The van der Waals surface area contributed by atoms with E-state index in [1.165, 1.54) is 11.2 Å². The lowest BCUT2D eigenvalue weighted by Gasteiger charge is -2.29. The average Bonchev–Trinajstić information content (AvgIpc) is 2.77. The van der Waals surface area contributed by atoms with Gasteiger partial charge in [-0.25, -0.2) is 4.98 Å². The van der Waals surface area contributed by atoms with Crippen LogP contribution in [0.2, 0.25) is 0 Å². The average molecular weight is 272 g/mol. The Hall–Kier alpha value is -1.55. The first kappa shape index (κ1) is 13.4. The van der Waals surface area contributed by atoms with Crippen LogP contribution in [0.3, 0.4) is 0 Å². The molecule has 1 fully saturated rings. The SMILES string of the molecule is Cn1c(C(C)(C)C)nc2cc(N3CCNCC3)ccc21. The largest absolute Gasteiger partial charge is 0.369 e. The summed E-state index contributed by atoms with van der Waals surface area (Å²) in [5.41, 5.74) is 3.68. The van der Waals surface area contributed by atoms with Gasteiger partial charge in [0.05, 0.1) is 11.0 Å². The van der Waals surface area contributed by atoms with Crippen LogP contribution in [0.5, 0.6) is 0 Å². The van der Waals surface area contributed by atoms with Crippen LogP contribution >= 0.6 is 0 Å². The molecule has 0 amide bonds. The summed E-state index contributed by atoms with van der Waals surface area (Å²) in [4.78, 5) is 7.29. The molecule has 4 nitrogen and oxygen atoms in total. The molecule has 108 valence electrons. The van der Waals surface area contributed by atoms with E-state index in [0.29, 0.717) is 0 Å². The van der Waals surface area contributed by atoms with Crippen LogP contribution in [0.25, 0.3) is 11.0 Å². The van der Waals surface area contributed by atoms with Crippen LogP contribution in [0, 0.1) is 0 Å². The number of anilines is 1. The number of aromatic nitrogens is 2. The van der Waals surface area contributed by atoms with Crippen molar-refractivity contribution in [3.63, 3.8) is 0 Å². The minimum Gasteiger partial charge on any atom is -0.369 e. The third-order valence-electron chi connectivity index (χ3n) is 4.02. The molecule has 2 aromatic rings. The molecule has 1 aliphatic heterocycles. The zero-order valence-electron chi connectivity index (χ0n) is 12.9. The Morgan fingerprint density at radius 1 is 1.15 bits per heavy atom. The Balaban J connectivity index is 2.03. The van der Waals surface area contributed by atoms with Crippen molar-refractivity contribution in [2.45, 2.75) is 26.2 Å². The van der Waals surface area contributed by atoms with Crippen LogP contribution in [0.1, 0.15) is 26.6 Å². The molecule has 4 heteroatoms. The van der Waals surface area contributed by atoms with E-state index in [9.17, 15) is 0 Å². The molecule has 1 saturated heterocycles. The van der Waals surface area contributed by atoms with Gasteiger partial charge in [0.1, 0.15) is 5.82 Å². The number of aryl methyl sites for hydroxylation is 1. The summed E-state index contributed by atoms with van der Waals surface area (Å²) in [6.07, 6.45) is 0. The van der Waals surface area contributed by atoms with Crippen LogP contribution in [0.15, 0.2) is 18.2 Å². The van der Waals surface area contributed by atoms with E-state index in [1.807, 2.05) is 0 Å². The fraction of sp³-hybridized carbons (Fsp3) is 0.562. The van der Waals surface area contributed by atoms with Crippen molar-refractivity contribution < 1.29 is 0 Å². The lowest BCUT2D eigenvalue weighted by molar-refractivity contribution is 0.526. The van der Waals surface area contributed by atoms with E-state index >= 15 is 0 Å². The highest BCUT2D eigenvalue weighted by molar-refractivity contribution is 5.80. The maximum Gasteiger partial charge on any atom is 0.115 e. The van der Waals surface area contributed by atoms with E-state index < -0.39 is 0 Å². The lowest BCUT2D eigenvalue weighted by atomic mass is 9.96. The van der Waals surface area contributed by atoms with E-state index in [0.717, 1.165) is 37.5 Å². The second-order valence-electron chi connectivity index (χ2n) is 6.65. The summed E-state index contributed by atoms with van der Waals surface area (Å²) >= 11 is 0. The molecule has 0 unspecified atom stereocenters. The highest BCUT2D eigenvalue weighted by atomic mass is 15.2. The number of nitrogens with one attached hydrogen (secondary N) is 1. The summed E-state index contributed by atoms with van der Waals surface area (Å²) in [7, 11) is 2.11. The molecule has 0 saturated carbocycles. The molecule has 0 bridgehead atoms. The standard InChI is InChI=1S/C16H24N4/c1-16(2,3)15-18-13-11-12(5-6-14(13)19(15)4)20-9-7-17-8-10-20/h5-6,11,17H,7-10H2,1-4H3. The smallest absolute Gasteiger partial charge is 0.115 e. The predicted octanol–water partition coefficient (Wildman–Crippen LogP) is 2.28. The van der Waals surface area contributed by atoms with E-state index in [-0.39, 0.29) is 5.41 Å². The lowest BCUT2D eigenvalue weighted by Crippen LogP contribution is -2.43. The van der Waals surface area contributed by atoms with Crippen molar-refractivity contribution in [3.8, 4) is 0 Å². The maximum atomic E-state index is 4.86. The normalized spacial score (nSPS) is 16.9. The van der Waals surface area contributed by atoms with Gasteiger partial charge in [0.2, 0.25) is 0 Å². The summed E-state index contributed by atoms with van der Waals surface area (Å²) in [5.74, 6) is 1.14. The molecule has 0 atom stereocenters. The van der Waals surface area contributed by atoms with Gasteiger partial charge in [0.25, 0.3) is 0 Å². The van der Waals surface area contributed by atoms with Crippen molar-refractivity contribution in [1.82, 2.24) is 14.9 Å². The third-order valence-corrected chi connectivity index (χ3v) is 4.02. The predicted molar refractivity (Wildman–Crippen MR) is 84.5 cm³/mol. The number of piperazine rings is 1. The van der Waals surface area contributed by atoms with Gasteiger partial charge < -0.3 is 14.8 Å². The fourth-order valence-corrected chi connectivity index (χ4v) is 2.98. The number of benzene rings is 1. The number of nitrogens with zero attached hydrogens (tertiary/aromatic N) is 3. The summed E-state index contributed by atoms with van der Waals surface area (Å²) in [6.45, 7) is 10.9. The zero-order valence-corrected chi connectivity index (χ0v) is 12.9. The number of rotatable bonds is 1. The van der Waals surface area contributed by atoms with Gasteiger partial charge in [-0.15, -0.1) is 0 Å². The number of fused-ring (bicyclic) bond motifs is 1. The highest BCUT2D eigenvalue weighted by Crippen LogP contribution is 2.28. The van der Waals surface area contributed by atoms with Crippen molar-refractivity contribution in [3.05, 3.63) is 24.0 Å². The van der Waals surface area contributed by atoms with Crippen molar-refractivity contribution in [1.29, 1.82) is 0 Å². The van der Waals surface area contributed by atoms with Gasteiger partial charge in [0, 0.05) is 44.3 Å². The number of imidazole rings is 1. The second kappa shape index (κ2) is 4.77. The van der Waals surface area contributed by atoms with E-state index in [2.05, 4.69) is 60.8 Å². The number of hydrogen-bond donors (Lipinski definition) is 1. The molecule has 0 radical (unpaired) electrons. The molecule has 1 aromatic heterocycles. The minimum atomic E-state index is 0.0724. The van der Waals surface area contributed by atoms with Crippen molar-refractivity contribution in [2.75, 3.05) is 31.1 Å². The quantitative estimate of drug-likeness (QED) is 0.864. The molecule has 0 spiro atoms. The molecular weight excluding hydrogens is 248 g/mol.